The van der Waals surface area contributed by atoms with Crippen LogP contribution in [0.1, 0.15) is 11.8 Å². The molecule has 14 nitrogen and oxygen atoms in total. The van der Waals surface area contributed by atoms with Crippen molar-refractivity contribution in [2.45, 2.75) is 37.0 Å². The minimum atomic E-state index is -4.60. The van der Waals surface area contributed by atoms with Crippen molar-refractivity contribution in [1.29, 1.82) is 0 Å². The number of aliphatic hydroxyl groups is 2. The van der Waals surface area contributed by atoms with E-state index in [0.717, 1.165) is 23.9 Å². The number of aromatic nitrogens is 2. The molecule has 1 aromatic carbocycles. The molecule has 34 heavy (non-hydrogen) atoms. The molecule has 0 aliphatic carbocycles. The van der Waals surface area contributed by atoms with Crippen molar-refractivity contribution in [3.8, 4) is 0 Å². The summed E-state index contributed by atoms with van der Waals surface area (Å²) in [6, 6.07) is 8.53. The maximum Gasteiger partial charge on any atom is 0.403 e. The van der Waals surface area contributed by atoms with Crippen LogP contribution in [0.3, 0.4) is 0 Å². The van der Waals surface area contributed by atoms with E-state index >= 15 is 0 Å². The van der Waals surface area contributed by atoms with Gasteiger partial charge >= 0.3 is 19.4 Å². The number of hydrogen-bond donors (Lipinski definition) is 6. The van der Waals surface area contributed by atoms with Gasteiger partial charge in [0.25, 0.3) is 5.56 Å². The molecule has 1 unspecified atom stereocenters. The van der Waals surface area contributed by atoms with Crippen LogP contribution in [0.15, 0.2) is 52.2 Å². The zero-order valence-corrected chi connectivity index (χ0v) is 19.0. The maximum atomic E-state index is 12.5. The number of ether oxygens (including phenoxy) is 2. The Morgan fingerprint density at radius 1 is 1.24 bits per heavy atom. The van der Waals surface area contributed by atoms with Gasteiger partial charge in [0.15, 0.2) is 6.23 Å². The van der Waals surface area contributed by atoms with Crippen LogP contribution in [0.5, 0.6) is 0 Å². The van der Waals surface area contributed by atoms with Crippen LogP contribution in [0, 0.1) is 0 Å². The van der Waals surface area contributed by atoms with Gasteiger partial charge in [-0.05, 0) is 12.0 Å². The lowest BCUT2D eigenvalue weighted by Crippen LogP contribution is -2.39. The average molecular weight is 502 g/mol. The summed E-state index contributed by atoms with van der Waals surface area (Å²) in [6.45, 7) is -0.660. The SMILES string of the molecule is COC(=O)[C@H](Cc1ccccc1)NP(=O)(O)OC[C@H]1O[C@@H](n2ccc(=O)[nH]c2=O)[C@H](O)[C@@H]1O.N. The van der Waals surface area contributed by atoms with Gasteiger partial charge in [0.1, 0.15) is 24.4 Å². The first-order valence-electron chi connectivity index (χ1n) is 9.81. The molecule has 1 saturated heterocycles. The van der Waals surface area contributed by atoms with Crippen molar-refractivity contribution in [1.82, 2.24) is 20.8 Å². The van der Waals surface area contributed by atoms with E-state index in [2.05, 4.69) is 9.82 Å². The molecular formula is C19H27N4O10P. The Kier molecular flexibility index (Phi) is 9.44. The van der Waals surface area contributed by atoms with Gasteiger partial charge in [-0.2, -0.15) is 0 Å². The molecule has 3 rings (SSSR count). The Morgan fingerprint density at radius 2 is 1.91 bits per heavy atom. The summed E-state index contributed by atoms with van der Waals surface area (Å²) in [5, 5.41) is 22.7. The number of nitrogens with one attached hydrogen (secondary N) is 2. The van der Waals surface area contributed by atoms with Crippen LogP contribution in [0.25, 0.3) is 0 Å². The van der Waals surface area contributed by atoms with E-state index in [-0.39, 0.29) is 12.6 Å². The standard InChI is InChI=1S/C19H24N3O10P.H3N/c1-30-18(26)12(9-11-5-3-2-4-6-11)21-33(28,29)31-10-13-15(24)16(25)17(32-13)22-8-7-14(23)20-19(22)27;/h2-8,12-13,15-17,24-25H,9-10H2,1H3,(H,20,23,27)(H2,21,28,29);1H3/t12-,13+,15+,16+,17+;/m0./s1. The fourth-order valence-corrected chi connectivity index (χ4v) is 4.32. The lowest BCUT2D eigenvalue weighted by molar-refractivity contribution is -0.142. The highest BCUT2D eigenvalue weighted by molar-refractivity contribution is 7.50. The zero-order chi connectivity index (χ0) is 24.2. The summed E-state index contributed by atoms with van der Waals surface area (Å²) in [5.74, 6) is -0.790. The lowest BCUT2D eigenvalue weighted by Gasteiger charge is -2.22. The first kappa shape index (κ1) is 27.6. The van der Waals surface area contributed by atoms with E-state index in [0.29, 0.717) is 5.56 Å². The normalized spacial score (nSPS) is 24.6. The second-order valence-corrected chi connectivity index (χ2v) is 8.83. The highest BCUT2D eigenvalue weighted by Crippen LogP contribution is 2.40. The van der Waals surface area contributed by atoms with E-state index < -0.39 is 62.2 Å². The third kappa shape index (κ3) is 6.68. The van der Waals surface area contributed by atoms with Crippen molar-refractivity contribution in [2.24, 2.45) is 0 Å². The van der Waals surface area contributed by atoms with Gasteiger partial charge in [-0.25, -0.2) is 14.4 Å². The van der Waals surface area contributed by atoms with Crippen LogP contribution in [-0.2, 0) is 29.8 Å². The van der Waals surface area contributed by atoms with Gasteiger partial charge in [0.05, 0.1) is 13.7 Å². The Bertz CT molecular complexity index is 1120. The lowest BCUT2D eigenvalue weighted by atomic mass is 10.1. The molecule has 188 valence electrons. The number of nitrogens with zero attached hydrogens (tertiary/aromatic N) is 1. The third-order valence-electron chi connectivity index (χ3n) is 4.96. The van der Waals surface area contributed by atoms with Gasteiger partial charge in [-0.15, -0.1) is 0 Å². The van der Waals surface area contributed by atoms with Crippen molar-refractivity contribution >= 4 is 13.7 Å². The number of esters is 1. The molecule has 0 saturated carbocycles. The molecule has 1 aliphatic rings. The minimum absolute atomic E-state index is 0. The highest BCUT2D eigenvalue weighted by atomic mass is 31.2. The van der Waals surface area contributed by atoms with Crippen LogP contribution in [0.4, 0.5) is 0 Å². The minimum Gasteiger partial charge on any atom is -0.468 e. The van der Waals surface area contributed by atoms with Crippen LogP contribution < -0.4 is 22.5 Å². The Morgan fingerprint density at radius 3 is 2.53 bits per heavy atom. The summed E-state index contributed by atoms with van der Waals surface area (Å²) in [7, 11) is -3.47. The summed E-state index contributed by atoms with van der Waals surface area (Å²) in [4.78, 5) is 47.4. The predicted octanol–water partition coefficient (Wildman–Crippen LogP) is -1.19. The number of methoxy groups -OCH3 is 1. The van der Waals surface area contributed by atoms with Crippen LogP contribution in [0.2, 0.25) is 0 Å². The molecule has 8 N–H and O–H groups in total. The zero-order valence-electron chi connectivity index (χ0n) is 18.1. The summed E-state index contributed by atoms with van der Waals surface area (Å²) < 4.78 is 28.5. The van der Waals surface area contributed by atoms with E-state index in [1.54, 1.807) is 30.3 Å². The maximum absolute atomic E-state index is 12.5. The fraction of sp³-hybridized carbons (Fsp3) is 0.421. The fourth-order valence-electron chi connectivity index (χ4n) is 3.31. The van der Waals surface area contributed by atoms with Crippen molar-refractivity contribution in [3.63, 3.8) is 0 Å². The molecule has 1 aromatic heterocycles. The molecule has 2 heterocycles. The summed E-state index contributed by atoms with van der Waals surface area (Å²) in [5.41, 5.74) is -0.837. The smallest absolute Gasteiger partial charge is 0.403 e. The summed E-state index contributed by atoms with van der Waals surface area (Å²) in [6.07, 6.45) is -4.71. The second-order valence-electron chi connectivity index (χ2n) is 7.27. The quantitative estimate of drug-likeness (QED) is 0.176. The topological polar surface area (TPSA) is 224 Å². The number of aliphatic hydroxyl groups excluding tert-OH is 2. The first-order chi connectivity index (χ1) is 15.6. The number of aromatic amines is 1. The molecule has 0 spiro atoms. The average Bonchev–Trinajstić information content (AvgIpc) is 3.06. The highest BCUT2D eigenvalue weighted by Gasteiger charge is 2.45. The molecule has 15 heteroatoms. The van der Waals surface area contributed by atoms with Gasteiger partial charge in [0.2, 0.25) is 0 Å². The van der Waals surface area contributed by atoms with E-state index in [1.165, 1.54) is 0 Å². The van der Waals surface area contributed by atoms with Crippen LogP contribution in [-0.4, -0.2) is 68.7 Å². The number of carbonyl (C=O) groups excluding carboxylic acids is 1. The van der Waals surface area contributed by atoms with Crippen LogP contribution >= 0.6 is 7.75 Å². The molecule has 2 aromatic rings. The van der Waals surface area contributed by atoms with Crippen molar-refractivity contribution in [2.75, 3.05) is 13.7 Å². The molecule has 0 amide bonds. The second kappa shape index (κ2) is 11.6. The molecule has 1 fully saturated rings. The number of H-pyrrole nitrogens is 1. The number of hydrogen-bond acceptors (Lipinski definition) is 10. The molecule has 0 radical (unpaired) electrons. The number of benzene rings is 1. The van der Waals surface area contributed by atoms with E-state index in [1.807, 2.05) is 4.98 Å². The molecule has 1 aliphatic heterocycles. The summed E-state index contributed by atoms with van der Waals surface area (Å²) >= 11 is 0. The molecule has 6 atom stereocenters. The predicted molar refractivity (Wildman–Crippen MR) is 117 cm³/mol. The largest absolute Gasteiger partial charge is 0.468 e. The van der Waals surface area contributed by atoms with Gasteiger partial charge in [0, 0.05) is 12.3 Å². The Balaban J connectivity index is 0.00000408. The number of carbonyl (C=O) groups is 1. The van der Waals surface area contributed by atoms with Gasteiger partial charge in [-0.3, -0.25) is 23.7 Å². The number of rotatable bonds is 9. The van der Waals surface area contributed by atoms with Crippen molar-refractivity contribution < 1.29 is 38.5 Å². The molecule has 0 bridgehead atoms. The van der Waals surface area contributed by atoms with E-state index in [4.69, 9.17) is 9.26 Å². The van der Waals surface area contributed by atoms with Gasteiger partial charge < -0.3 is 30.7 Å². The van der Waals surface area contributed by atoms with E-state index in [9.17, 15) is 34.1 Å². The Hall–Kier alpha value is -2.68. The third-order valence-corrected chi connectivity index (χ3v) is 6.10. The monoisotopic (exact) mass is 502 g/mol. The first-order valence-corrected chi connectivity index (χ1v) is 11.4. The Labute approximate surface area is 193 Å². The van der Waals surface area contributed by atoms with Gasteiger partial charge in [-0.1, -0.05) is 30.3 Å². The van der Waals surface area contributed by atoms with Crippen molar-refractivity contribution in [3.05, 3.63) is 69.0 Å². The molecular weight excluding hydrogens is 475 g/mol.